The molecular formula is C30H33N3O4. The molecule has 2 aromatic carbocycles. The van der Waals surface area contributed by atoms with Crippen LogP contribution in [0.5, 0.6) is 5.75 Å². The SMILES string of the molecule is CC(OC(=O)Nc1ccc(-c2c(C#N)c3ccc(OCC4CCCO4)cc3n2C2CCC2)cc1)C1CC1. The molecule has 0 radical (unpaired) electrons. The second kappa shape index (κ2) is 10.1. The van der Waals surface area contributed by atoms with Gasteiger partial charge in [0, 0.05) is 29.8 Å². The zero-order valence-electron chi connectivity index (χ0n) is 21.2. The number of nitriles is 1. The molecule has 37 heavy (non-hydrogen) atoms. The Hall–Kier alpha value is -3.50. The molecule has 2 unspecified atom stereocenters. The lowest BCUT2D eigenvalue weighted by Gasteiger charge is -2.30. The zero-order valence-corrected chi connectivity index (χ0v) is 21.2. The summed E-state index contributed by atoms with van der Waals surface area (Å²) in [5.74, 6) is 1.29. The van der Waals surface area contributed by atoms with Crippen molar-refractivity contribution in [2.24, 2.45) is 5.92 Å². The fourth-order valence-corrected chi connectivity index (χ4v) is 5.46. The van der Waals surface area contributed by atoms with Gasteiger partial charge in [0.15, 0.2) is 0 Å². The summed E-state index contributed by atoms with van der Waals surface area (Å²) >= 11 is 0. The Labute approximate surface area is 217 Å². The highest BCUT2D eigenvalue weighted by molar-refractivity contribution is 5.96. The van der Waals surface area contributed by atoms with Gasteiger partial charge in [-0.2, -0.15) is 5.26 Å². The molecule has 2 saturated carbocycles. The third-order valence-electron chi connectivity index (χ3n) is 7.97. The van der Waals surface area contributed by atoms with Crippen molar-refractivity contribution in [2.75, 3.05) is 18.5 Å². The van der Waals surface area contributed by atoms with E-state index in [1.165, 1.54) is 6.42 Å². The van der Waals surface area contributed by atoms with Gasteiger partial charge in [-0.3, -0.25) is 5.32 Å². The average molecular weight is 500 g/mol. The molecular weight excluding hydrogens is 466 g/mol. The number of rotatable bonds is 8. The normalized spacial score (nSPS) is 20.3. The lowest BCUT2D eigenvalue weighted by atomic mass is 9.92. The Morgan fingerprint density at radius 3 is 2.59 bits per heavy atom. The number of fused-ring (bicyclic) bond motifs is 1. The number of anilines is 1. The molecule has 1 aliphatic heterocycles. The summed E-state index contributed by atoms with van der Waals surface area (Å²) in [6, 6.07) is 16.5. The summed E-state index contributed by atoms with van der Waals surface area (Å²) in [5, 5.41) is 14.0. The second-order valence-electron chi connectivity index (χ2n) is 10.6. The smallest absolute Gasteiger partial charge is 0.411 e. The standard InChI is InChI=1S/C30H33N3O4/c1-19(20-7-8-20)37-30(34)32-22-11-9-21(10-12-22)29-27(17-31)26-14-13-24(36-18-25-6-3-15-35-25)16-28(26)33(29)23-4-2-5-23/h9-14,16,19-20,23,25H,2-8,15,18H2,1H3,(H,32,34). The van der Waals surface area contributed by atoms with E-state index in [0.717, 1.165) is 73.0 Å². The molecule has 2 atom stereocenters. The molecule has 2 aliphatic carbocycles. The molecule has 1 saturated heterocycles. The highest BCUT2D eigenvalue weighted by atomic mass is 16.6. The van der Waals surface area contributed by atoms with Gasteiger partial charge in [-0.15, -0.1) is 0 Å². The minimum atomic E-state index is -0.427. The maximum absolute atomic E-state index is 12.3. The number of carbonyl (C=O) groups excluding carboxylic acids is 1. The lowest BCUT2D eigenvalue weighted by Crippen LogP contribution is -2.21. The second-order valence-corrected chi connectivity index (χ2v) is 10.6. The highest BCUT2D eigenvalue weighted by Crippen LogP contribution is 2.43. The fourth-order valence-electron chi connectivity index (χ4n) is 5.46. The van der Waals surface area contributed by atoms with Crippen LogP contribution in [0.15, 0.2) is 42.5 Å². The predicted molar refractivity (Wildman–Crippen MR) is 142 cm³/mol. The van der Waals surface area contributed by atoms with E-state index in [1.807, 2.05) is 43.3 Å². The van der Waals surface area contributed by atoms with Gasteiger partial charge >= 0.3 is 6.09 Å². The van der Waals surface area contributed by atoms with Crippen molar-refractivity contribution in [2.45, 2.75) is 70.1 Å². The van der Waals surface area contributed by atoms with Gasteiger partial charge in [-0.25, -0.2) is 4.79 Å². The van der Waals surface area contributed by atoms with E-state index in [4.69, 9.17) is 14.2 Å². The lowest BCUT2D eigenvalue weighted by molar-refractivity contribution is 0.0680. The predicted octanol–water partition coefficient (Wildman–Crippen LogP) is 6.81. The minimum Gasteiger partial charge on any atom is -0.491 e. The molecule has 0 spiro atoms. The minimum absolute atomic E-state index is 0.0600. The molecule has 0 bridgehead atoms. The Morgan fingerprint density at radius 1 is 1.14 bits per heavy atom. The number of nitrogens with zero attached hydrogens (tertiary/aromatic N) is 2. The monoisotopic (exact) mass is 499 g/mol. The van der Waals surface area contributed by atoms with Gasteiger partial charge in [-0.05, 0) is 87.6 Å². The molecule has 7 nitrogen and oxygen atoms in total. The van der Waals surface area contributed by atoms with E-state index in [9.17, 15) is 10.1 Å². The van der Waals surface area contributed by atoms with E-state index < -0.39 is 6.09 Å². The Morgan fingerprint density at radius 2 is 1.95 bits per heavy atom. The number of nitrogens with one attached hydrogen (secondary N) is 1. The van der Waals surface area contributed by atoms with E-state index >= 15 is 0 Å². The summed E-state index contributed by atoms with van der Waals surface area (Å²) in [6.45, 7) is 3.30. The van der Waals surface area contributed by atoms with Crippen molar-refractivity contribution in [3.63, 3.8) is 0 Å². The van der Waals surface area contributed by atoms with Gasteiger partial charge in [0.2, 0.25) is 0 Å². The number of aromatic nitrogens is 1. The van der Waals surface area contributed by atoms with Gasteiger partial charge in [0.25, 0.3) is 0 Å². The summed E-state index contributed by atoms with van der Waals surface area (Å²) in [7, 11) is 0. The van der Waals surface area contributed by atoms with Gasteiger partial charge in [0.05, 0.1) is 22.9 Å². The first-order chi connectivity index (χ1) is 18.1. The molecule has 1 aromatic heterocycles. The quantitative estimate of drug-likeness (QED) is 0.368. The van der Waals surface area contributed by atoms with Crippen LogP contribution < -0.4 is 10.1 Å². The number of ether oxygens (including phenoxy) is 3. The van der Waals surface area contributed by atoms with Crippen LogP contribution in [-0.4, -0.2) is 36.1 Å². The van der Waals surface area contributed by atoms with Crippen LogP contribution in [0.2, 0.25) is 0 Å². The molecule has 1 amide bonds. The van der Waals surface area contributed by atoms with Crippen LogP contribution in [0.25, 0.3) is 22.2 Å². The summed E-state index contributed by atoms with van der Waals surface area (Å²) in [4.78, 5) is 12.3. The van der Waals surface area contributed by atoms with E-state index in [0.29, 0.717) is 29.8 Å². The Balaban J connectivity index is 1.29. The topological polar surface area (TPSA) is 85.5 Å². The van der Waals surface area contributed by atoms with Gasteiger partial charge in [0.1, 0.15) is 24.5 Å². The Kier molecular flexibility index (Phi) is 6.52. The third-order valence-corrected chi connectivity index (χ3v) is 7.97. The van der Waals surface area contributed by atoms with Crippen molar-refractivity contribution in [3.05, 3.63) is 48.0 Å². The summed E-state index contributed by atoms with van der Waals surface area (Å²) in [6.07, 6.45) is 7.41. The first kappa shape index (κ1) is 23.9. The Bertz CT molecular complexity index is 1330. The number of benzene rings is 2. The number of hydrogen-bond acceptors (Lipinski definition) is 5. The van der Waals surface area contributed by atoms with Crippen LogP contribution in [-0.2, 0) is 9.47 Å². The van der Waals surface area contributed by atoms with Crippen molar-refractivity contribution < 1.29 is 19.0 Å². The number of hydrogen-bond donors (Lipinski definition) is 1. The fraction of sp³-hybridized carbons (Fsp3) is 0.467. The van der Waals surface area contributed by atoms with Gasteiger partial charge < -0.3 is 18.8 Å². The van der Waals surface area contributed by atoms with Crippen molar-refractivity contribution in [1.82, 2.24) is 4.57 Å². The number of amides is 1. The highest BCUT2D eigenvalue weighted by Gasteiger charge is 2.31. The maximum Gasteiger partial charge on any atom is 0.411 e. The number of carbonyl (C=O) groups is 1. The summed E-state index contributed by atoms with van der Waals surface area (Å²) in [5.41, 5.74) is 4.25. The van der Waals surface area contributed by atoms with Crippen LogP contribution in [0.3, 0.4) is 0 Å². The zero-order chi connectivity index (χ0) is 25.4. The van der Waals surface area contributed by atoms with Crippen molar-refractivity contribution in [3.8, 4) is 23.1 Å². The van der Waals surface area contributed by atoms with Crippen LogP contribution in [0.1, 0.15) is 63.5 Å². The largest absolute Gasteiger partial charge is 0.491 e. The first-order valence-electron chi connectivity index (χ1n) is 13.5. The van der Waals surface area contributed by atoms with Crippen LogP contribution in [0.4, 0.5) is 10.5 Å². The molecule has 3 fully saturated rings. The first-order valence-corrected chi connectivity index (χ1v) is 13.5. The third kappa shape index (κ3) is 4.91. The van der Waals surface area contributed by atoms with Gasteiger partial charge in [-0.1, -0.05) is 12.1 Å². The van der Waals surface area contributed by atoms with E-state index in [-0.39, 0.29) is 12.2 Å². The van der Waals surface area contributed by atoms with Crippen molar-refractivity contribution in [1.29, 1.82) is 5.26 Å². The van der Waals surface area contributed by atoms with E-state index in [2.05, 4.69) is 22.0 Å². The van der Waals surface area contributed by atoms with Crippen LogP contribution in [0, 0.1) is 17.2 Å². The van der Waals surface area contributed by atoms with Crippen LogP contribution >= 0.6 is 0 Å². The molecule has 1 N–H and O–H groups in total. The van der Waals surface area contributed by atoms with Crippen molar-refractivity contribution >= 4 is 22.7 Å². The maximum atomic E-state index is 12.3. The van der Waals surface area contributed by atoms with E-state index in [1.54, 1.807) is 0 Å². The molecule has 3 aliphatic rings. The summed E-state index contributed by atoms with van der Waals surface area (Å²) < 4.78 is 19.6. The molecule has 3 aromatic rings. The molecule has 6 rings (SSSR count). The molecule has 2 heterocycles. The molecule has 7 heteroatoms. The molecule has 192 valence electrons. The average Bonchev–Trinajstić information content (AvgIpc) is 3.51.